The lowest BCUT2D eigenvalue weighted by molar-refractivity contribution is 0.218. The Kier molecular flexibility index (Phi) is 7.04. The van der Waals surface area contributed by atoms with Crippen LogP contribution in [0.15, 0.2) is 42.5 Å². The van der Waals surface area contributed by atoms with Gasteiger partial charge in [-0.3, -0.25) is 0 Å². The van der Waals surface area contributed by atoms with Gasteiger partial charge >= 0.3 is 0 Å². The molecule has 4 rings (SSSR count). The quantitative estimate of drug-likeness (QED) is 0.489. The van der Waals surface area contributed by atoms with Gasteiger partial charge in [0.2, 0.25) is 0 Å². The minimum Gasteiger partial charge on any atom is -0.313 e. The van der Waals surface area contributed by atoms with Crippen molar-refractivity contribution >= 4 is 0 Å². The molecule has 2 N–H and O–H groups in total. The first-order valence-electron chi connectivity index (χ1n) is 11.3. The van der Waals surface area contributed by atoms with Crippen molar-refractivity contribution in [2.75, 3.05) is 19.6 Å². The Labute approximate surface area is 196 Å². The molecule has 9 heteroatoms. The molecule has 1 saturated heterocycles. The third kappa shape index (κ3) is 5.47. The summed E-state index contributed by atoms with van der Waals surface area (Å²) in [6.45, 7) is 7.51. The molecule has 182 valence electrons. The highest BCUT2D eigenvalue weighted by Crippen LogP contribution is 2.34. The summed E-state index contributed by atoms with van der Waals surface area (Å²) in [6, 6.07) is 8.84. The maximum atomic E-state index is 14.5. The molecule has 0 aliphatic carbocycles. The first kappa shape index (κ1) is 24.3. The van der Waals surface area contributed by atoms with Crippen molar-refractivity contribution in [2.45, 2.75) is 39.5 Å². The summed E-state index contributed by atoms with van der Waals surface area (Å²) in [5.41, 5.74) is 0.215. The lowest BCUT2D eigenvalue weighted by Gasteiger charge is -2.32. The van der Waals surface area contributed by atoms with Crippen molar-refractivity contribution in [3.8, 4) is 11.4 Å². The van der Waals surface area contributed by atoms with Crippen LogP contribution in [0.3, 0.4) is 0 Å². The smallest absolute Gasteiger partial charge is 0.184 e. The third-order valence-electron chi connectivity index (χ3n) is 6.06. The molecule has 5 nitrogen and oxygen atoms in total. The summed E-state index contributed by atoms with van der Waals surface area (Å²) < 4.78 is 58.0. The lowest BCUT2D eigenvalue weighted by Crippen LogP contribution is -2.39. The monoisotopic (exact) mass is 475 g/mol. The van der Waals surface area contributed by atoms with Gasteiger partial charge in [-0.15, -0.1) is 0 Å². The van der Waals surface area contributed by atoms with E-state index in [0.717, 1.165) is 18.2 Å². The molecule has 3 unspecified atom stereocenters. The molecule has 0 saturated carbocycles. The number of nitrogens with one attached hydrogen (secondary N) is 2. The Morgan fingerprint density at radius 3 is 2.53 bits per heavy atom. The van der Waals surface area contributed by atoms with E-state index in [1.165, 1.54) is 12.1 Å². The Hall–Kier alpha value is -2.78. The standard InChI is InChI=1S/C25H29F4N5/c1-25(2,3)22(31-12-16-11-30-13-21(16)29)24-32-23(19-10-18(27)7-8-20(19)28)33-34(24)14-15-5-4-6-17(26)9-15/h4-10,16,21-22,30-31H,11-14H2,1-3H3. The Morgan fingerprint density at radius 2 is 1.85 bits per heavy atom. The molecule has 0 bridgehead atoms. The zero-order valence-electron chi connectivity index (χ0n) is 19.5. The van der Waals surface area contributed by atoms with Crippen LogP contribution in [0, 0.1) is 28.8 Å². The van der Waals surface area contributed by atoms with Gasteiger partial charge in [0, 0.05) is 25.6 Å². The number of nitrogens with zero attached hydrogens (tertiary/aromatic N) is 3. The van der Waals surface area contributed by atoms with Crippen LogP contribution in [0.1, 0.15) is 38.2 Å². The van der Waals surface area contributed by atoms with E-state index in [1.54, 1.807) is 16.8 Å². The SMILES string of the molecule is CC(C)(C)C(NCC1CNCC1F)c1nc(-c2cc(F)ccc2F)nn1Cc1cccc(F)c1. The molecule has 1 aliphatic rings. The number of alkyl halides is 1. The zero-order chi connectivity index (χ0) is 24.5. The number of halogens is 4. The average Bonchev–Trinajstić information content (AvgIpc) is 3.35. The number of aromatic nitrogens is 3. The first-order chi connectivity index (χ1) is 16.1. The second-order valence-electron chi connectivity index (χ2n) is 9.85. The van der Waals surface area contributed by atoms with E-state index in [0.29, 0.717) is 31.0 Å². The van der Waals surface area contributed by atoms with E-state index >= 15 is 0 Å². The Morgan fingerprint density at radius 1 is 1.09 bits per heavy atom. The van der Waals surface area contributed by atoms with Gasteiger partial charge < -0.3 is 10.6 Å². The second kappa shape index (κ2) is 9.84. The van der Waals surface area contributed by atoms with Crippen LogP contribution >= 0.6 is 0 Å². The number of rotatable bonds is 7. The predicted octanol–water partition coefficient (Wildman–Crippen LogP) is 4.65. The minimum atomic E-state index is -0.949. The van der Waals surface area contributed by atoms with Gasteiger partial charge in [-0.25, -0.2) is 27.2 Å². The molecular weight excluding hydrogens is 446 g/mol. The molecule has 3 aromatic rings. The van der Waals surface area contributed by atoms with Gasteiger partial charge in [0.1, 0.15) is 29.4 Å². The van der Waals surface area contributed by atoms with E-state index in [2.05, 4.69) is 20.7 Å². The molecule has 0 radical (unpaired) electrons. The van der Waals surface area contributed by atoms with E-state index in [4.69, 9.17) is 0 Å². The van der Waals surface area contributed by atoms with Gasteiger partial charge in [-0.2, -0.15) is 5.10 Å². The summed E-state index contributed by atoms with van der Waals surface area (Å²) in [7, 11) is 0. The van der Waals surface area contributed by atoms with Crippen LogP contribution in [0.25, 0.3) is 11.4 Å². The fourth-order valence-corrected chi connectivity index (χ4v) is 4.23. The fourth-order valence-electron chi connectivity index (χ4n) is 4.23. The maximum absolute atomic E-state index is 14.5. The third-order valence-corrected chi connectivity index (χ3v) is 6.06. The summed E-state index contributed by atoms with van der Waals surface area (Å²) in [6.07, 6.45) is -0.949. The van der Waals surface area contributed by atoms with Gasteiger partial charge in [-0.05, 0) is 41.3 Å². The van der Waals surface area contributed by atoms with Crippen molar-refractivity contribution in [2.24, 2.45) is 11.3 Å². The lowest BCUT2D eigenvalue weighted by atomic mass is 9.85. The molecule has 2 heterocycles. The summed E-state index contributed by atoms with van der Waals surface area (Å²) >= 11 is 0. The van der Waals surface area contributed by atoms with Gasteiger partial charge in [0.05, 0.1) is 18.2 Å². The van der Waals surface area contributed by atoms with Crippen LogP contribution in [0.5, 0.6) is 0 Å². The van der Waals surface area contributed by atoms with E-state index in [1.807, 2.05) is 20.8 Å². The summed E-state index contributed by atoms with van der Waals surface area (Å²) in [5.74, 6) is -1.31. The van der Waals surface area contributed by atoms with Crippen molar-refractivity contribution in [1.29, 1.82) is 0 Å². The predicted molar refractivity (Wildman–Crippen MR) is 122 cm³/mol. The molecule has 1 aromatic heterocycles. The number of benzene rings is 2. The number of hydrogen-bond donors (Lipinski definition) is 2. The van der Waals surface area contributed by atoms with Crippen molar-refractivity contribution in [3.05, 3.63) is 71.3 Å². The molecular formula is C25H29F4N5. The van der Waals surface area contributed by atoms with Crippen molar-refractivity contribution in [1.82, 2.24) is 25.4 Å². The number of hydrogen-bond acceptors (Lipinski definition) is 4. The highest BCUT2D eigenvalue weighted by Gasteiger charge is 2.34. The Bertz CT molecular complexity index is 1140. The molecule has 2 aromatic carbocycles. The first-order valence-corrected chi connectivity index (χ1v) is 11.3. The molecule has 0 amide bonds. The normalized spacial score (nSPS) is 19.5. The van der Waals surface area contributed by atoms with Gasteiger partial charge in [0.25, 0.3) is 0 Å². The van der Waals surface area contributed by atoms with Crippen LogP contribution < -0.4 is 10.6 Å². The molecule has 1 fully saturated rings. The van der Waals surface area contributed by atoms with Crippen molar-refractivity contribution in [3.63, 3.8) is 0 Å². The average molecular weight is 476 g/mol. The molecule has 34 heavy (non-hydrogen) atoms. The zero-order valence-corrected chi connectivity index (χ0v) is 19.5. The van der Waals surface area contributed by atoms with Gasteiger partial charge in [0.15, 0.2) is 5.82 Å². The van der Waals surface area contributed by atoms with Crippen LogP contribution in [0.4, 0.5) is 17.6 Å². The highest BCUT2D eigenvalue weighted by molar-refractivity contribution is 5.55. The molecule has 3 atom stereocenters. The van der Waals surface area contributed by atoms with Crippen LogP contribution in [0.2, 0.25) is 0 Å². The summed E-state index contributed by atoms with van der Waals surface area (Å²) in [5, 5.41) is 11.0. The van der Waals surface area contributed by atoms with E-state index in [9.17, 15) is 17.6 Å². The van der Waals surface area contributed by atoms with Crippen LogP contribution in [-0.2, 0) is 6.54 Å². The largest absolute Gasteiger partial charge is 0.313 e. The molecule has 1 aliphatic heterocycles. The molecule has 0 spiro atoms. The second-order valence-corrected chi connectivity index (χ2v) is 9.85. The summed E-state index contributed by atoms with van der Waals surface area (Å²) in [4.78, 5) is 4.61. The van der Waals surface area contributed by atoms with E-state index < -0.39 is 17.8 Å². The fraction of sp³-hybridized carbons (Fsp3) is 0.440. The van der Waals surface area contributed by atoms with E-state index in [-0.39, 0.29) is 41.1 Å². The highest BCUT2D eigenvalue weighted by atomic mass is 19.1. The Balaban J connectivity index is 1.75. The van der Waals surface area contributed by atoms with Crippen LogP contribution in [-0.4, -0.2) is 40.6 Å². The maximum Gasteiger partial charge on any atom is 0.184 e. The minimum absolute atomic E-state index is 0.0327. The topological polar surface area (TPSA) is 54.8 Å². The van der Waals surface area contributed by atoms with Gasteiger partial charge in [-0.1, -0.05) is 32.9 Å². The van der Waals surface area contributed by atoms with Crippen molar-refractivity contribution < 1.29 is 17.6 Å².